The number of fused-ring (bicyclic) bond motifs is 1. The Hall–Kier alpha value is -2.14. The lowest BCUT2D eigenvalue weighted by Gasteiger charge is -2.12. The van der Waals surface area contributed by atoms with Crippen molar-refractivity contribution in [3.8, 4) is 0 Å². The van der Waals surface area contributed by atoms with Gasteiger partial charge in [-0.1, -0.05) is 36.5 Å². The lowest BCUT2D eigenvalue weighted by atomic mass is 10.0. The molecule has 0 atom stereocenters. The average Bonchev–Trinajstić information content (AvgIpc) is 2.44. The maximum absolute atomic E-state index is 11.5. The van der Waals surface area contributed by atoms with Crippen molar-refractivity contribution in [2.45, 2.75) is 6.92 Å². The van der Waals surface area contributed by atoms with Gasteiger partial charge in [0.25, 0.3) is 0 Å². The van der Waals surface area contributed by atoms with Crippen LogP contribution >= 0.6 is 12.2 Å². The maximum Gasteiger partial charge on any atom is 0.239 e. The van der Waals surface area contributed by atoms with Gasteiger partial charge in [-0.15, -0.1) is 0 Å². The molecule has 0 aliphatic rings. The summed E-state index contributed by atoms with van der Waals surface area (Å²) >= 11 is 5.07. The summed E-state index contributed by atoms with van der Waals surface area (Å²) in [6.45, 7) is 2.76. The first kappa shape index (κ1) is 14.3. The van der Waals surface area contributed by atoms with Gasteiger partial charge in [0.15, 0.2) is 0 Å². The number of benzene rings is 2. The smallest absolute Gasteiger partial charge is 0.239 e. The molecule has 0 fully saturated rings. The topological polar surface area (TPSA) is 67.2 Å². The van der Waals surface area contributed by atoms with E-state index in [0.29, 0.717) is 11.5 Å². The second-order valence-electron chi connectivity index (χ2n) is 4.38. The molecule has 2 aromatic rings. The predicted octanol–water partition coefficient (Wildman–Crippen LogP) is 2.02. The Kier molecular flexibility index (Phi) is 4.53. The number of likely N-dealkylation sites (N-methyl/N-ethyl adjacent to an activating group) is 1. The van der Waals surface area contributed by atoms with Gasteiger partial charge >= 0.3 is 0 Å². The molecule has 0 saturated heterocycles. The normalized spacial score (nSPS) is 10.2. The van der Waals surface area contributed by atoms with Crippen LogP contribution in [-0.2, 0) is 4.79 Å². The van der Waals surface area contributed by atoms with Crippen LogP contribution in [0.1, 0.15) is 12.5 Å². The van der Waals surface area contributed by atoms with Gasteiger partial charge in [-0.25, -0.2) is 0 Å². The standard InChI is InChI=1S/C15H17N3OS/c1-2-17-14(19)9-18-13-8-7-12(15(16)20)10-5-3-4-6-11(10)13/h3-8,18H,2,9H2,1H3,(H2,16,20)(H,17,19). The van der Waals surface area contributed by atoms with Crippen LogP contribution < -0.4 is 16.4 Å². The van der Waals surface area contributed by atoms with E-state index < -0.39 is 0 Å². The molecule has 104 valence electrons. The maximum atomic E-state index is 11.5. The first-order valence-electron chi connectivity index (χ1n) is 6.45. The Bertz CT molecular complexity index is 655. The summed E-state index contributed by atoms with van der Waals surface area (Å²) in [5, 5.41) is 7.88. The second kappa shape index (κ2) is 6.34. The number of amides is 1. The van der Waals surface area contributed by atoms with E-state index in [0.717, 1.165) is 22.0 Å². The minimum atomic E-state index is -0.0324. The van der Waals surface area contributed by atoms with Crippen LogP contribution in [0.3, 0.4) is 0 Å². The van der Waals surface area contributed by atoms with Gasteiger partial charge in [-0.2, -0.15) is 0 Å². The van der Waals surface area contributed by atoms with Crippen LogP contribution in [0, 0.1) is 0 Å². The number of hydrogen-bond acceptors (Lipinski definition) is 3. The van der Waals surface area contributed by atoms with Crippen LogP contribution in [0.2, 0.25) is 0 Å². The van der Waals surface area contributed by atoms with Crippen molar-refractivity contribution in [2.75, 3.05) is 18.4 Å². The second-order valence-corrected chi connectivity index (χ2v) is 4.82. The summed E-state index contributed by atoms with van der Waals surface area (Å²) in [5.41, 5.74) is 7.48. The Morgan fingerprint density at radius 2 is 1.90 bits per heavy atom. The Labute approximate surface area is 123 Å². The quantitative estimate of drug-likeness (QED) is 0.736. The molecule has 20 heavy (non-hydrogen) atoms. The van der Waals surface area contributed by atoms with Gasteiger partial charge in [0, 0.05) is 23.2 Å². The van der Waals surface area contributed by atoms with Gasteiger partial charge in [-0.3, -0.25) is 4.79 Å². The number of carbonyl (C=O) groups excluding carboxylic acids is 1. The molecule has 0 heterocycles. The number of carbonyl (C=O) groups is 1. The van der Waals surface area contributed by atoms with Crippen LogP contribution in [0.15, 0.2) is 36.4 Å². The van der Waals surface area contributed by atoms with Gasteiger partial charge in [0.05, 0.1) is 6.54 Å². The minimum Gasteiger partial charge on any atom is -0.389 e. The Morgan fingerprint density at radius 3 is 2.55 bits per heavy atom. The number of nitrogens with one attached hydrogen (secondary N) is 2. The fourth-order valence-electron chi connectivity index (χ4n) is 2.10. The third-order valence-electron chi connectivity index (χ3n) is 3.00. The summed E-state index contributed by atoms with van der Waals surface area (Å²) in [7, 11) is 0. The summed E-state index contributed by atoms with van der Waals surface area (Å²) in [5.74, 6) is -0.0324. The number of thiocarbonyl (C=S) groups is 1. The zero-order valence-electron chi connectivity index (χ0n) is 11.3. The summed E-state index contributed by atoms with van der Waals surface area (Å²) in [4.78, 5) is 11.9. The molecule has 1 amide bonds. The highest BCUT2D eigenvalue weighted by Crippen LogP contribution is 2.26. The molecule has 0 radical (unpaired) electrons. The third-order valence-corrected chi connectivity index (χ3v) is 3.22. The largest absolute Gasteiger partial charge is 0.389 e. The van der Waals surface area contributed by atoms with E-state index in [1.54, 1.807) is 0 Å². The molecular weight excluding hydrogens is 270 g/mol. The molecule has 0 spiro atoms. The SMILES string of the molecule is CCNC(=O)CNc1ccc(C(N)=S)c2ccccc12. The molecular formula is C15H17N3OS. The fourth-order valence-corrected chi connectivity index (χ4v) is 2.28. The number of anilines is 1. The van der Waals surface area contributed by atoms with E-state index in [9.17, 15) is 4.79 Å². The van der Waals surface area contributed by atoms with Crippen molar-refractivity contribution in [2.24, 2.45) is 5.73 Å². The molecule has 0 aromatic heterocycles. The van der Waals surface area contributed by atoms with E-state index in [4.69, 9.17) is 18.0 Å². The van der Waals surface area contributed by atoms with Gasteiger partial charge < -0.3 is 16.4 Å². The van der Waals surface area contributed by atoms with Crippen molar-refractivity contribution >= 4 is 39.6 Å². The molecule has 2 rings (SSSR count). The Balaban J connectivity index is 2.33. The van der Waals surface area contributed by atoms with Crippen LogP contribution in [0.4, 0.5) is 5.69 Å². The van der Waals surface area contributed by atoms with E-state index in [-0.39, 0.29) is 12.5 Å². The third kappa shape index (κ3) is 3.05. The molecule has 4 nitrogen and oxygen atoms in total. The average molecular weight is 287 g/mol. The van der Waals surface area contributed by atoms with Gasteiger partial charge in [0.1, 0.15) is 4.99 Å². The van der Waals surface area contributed by atoms with E-state index in [1.165, 1.54) is 0 Å². The van der Waals surface area contributed by atoms with E-state index in [2.05, 4.69) is 10.6 Å². The highest BCUT2D eigenvalue weighted by Gasteiger charge is 2.08. The van der Waals surface area contributed by atoms with Crippen LogP contribution in [0.25, 0.3) is 10.8 Å². The molecule has 0 aliphatic carbocycles. The highest BCUT2D eigenvalue weighted by molar-refractivity contribution is 7.80. The number of hydrogen-bond donors (Lipinski definition) is 3. The lowest BCUT2D eigenvalue weighted by Crippen LogP contribution is -2.29. The van der Waals surface area contributed by atoms with Crippen molar-refractivity contribution in [3.63, 3.8) is 0 Å². The zero-order chi connectivity index (χ0) is 14.5. The van der Waals surface area contributed by atoms with Gasteiger partial charge in [-0.05, 0) is 24.4 Å². The fraction of sp³-hybridized carbons (Fsp3) is 0.200. The van der Waals surface area contributed by atoms with Crippen LogP contribution in [-0.4, -0.2) is 24.0 Å². The summed E-state index contributed by atoms with van der Waals surface area (Å²) < 4.78 is 0. The summed E-state index contributed by atoms with van der Waals surface area (Å²) in [6, 6.07) is 11.6. The first-order valence-corrected chi connectivity index (χ1v) is 6.86. The van der Waals surface area contributed by atoms with E-state index in [1.807, 2.05) is 43.3 Å². The molecule has 2 aromatic carbocycles. The Morgan fingerprint density at radius 1 is 1.20 bits per heavy atom. The van der Waals surface area contributed by atoms with Gasteiger partial charge in [0.2, 0.25) is 5.91 Å². The van der Waals surface area contributed by atoms with E-state index >= 15 is 0 Å². The van der Waals surface area contributed by atoms with Crippen molar-refractivity contribution < 1.29 is 4.79 Å². The monoisotopic (exact) mass is 287 g/mol. The van der Waals surface area contributed by atoms with Crippen molar-refractivity contribution in [3.05, 3.63) is 42.0 Å². The number of rotatable bonds is 5. The molecule has 0 aliphatic heterocycles. The number of nitrogens with two attached hydrogens (primary N) is 1. The predicted molar refractivity (Wildman–Crippen MR) is 87.0 cm³/mol. The molecule has 4 N–H and O–H groups in total. The summed E-state index contributed by atoms with van der Waals surface area (Å²) in [6.07, 6.45) is 0. The lowest BCUT2D eigenvalue weighted by molar-refractivity contribution is -0.119. The van der Waals surface area contributed by atoms with Crippen molar-refractivity contribution in [1.29, 1.82) is 0 Å². The minimum absolute atomic E-state index is 0.0324. The molecule has 0 unspecified atom stereocenters. The zero-order valence-corrected chi connectivity index (χ0v) is 12.1. The molecule has 5 heteroatoms. The molecule has 0 saturated carbocycles. The highest BCUT2D eigenvalue weighted by atomic mass is 32.1. The first-order chi connectivity index (χ1) is 9.63. The van der Waals surface area contributed by atoms with Crippen LogP contribution in [0.5, 0.6) is 0 Å². The molecule has 0 bridgehead atoms. The van der Waals surface area contributed by atoms with Crippen molar-refractivity contribution in [1.82, 2.24) is 5.32 Å².